The van der Waals surface area contributed by atoms with Crippen molar-refractivity contribution in [3.8, 4) is 5.75 Å². The molecule has 2 heterocycles. The van der Waals surface area contributed by atoms with Gasteiger partial charge in [-0.15, -0.1) is 0 Å². The summed E-state index contributed by atoms with van der Waals surface area (Å²) in [6.07, 6.45) is 9.52. The molecule has 0 bridgehead atoms. The summed E-state index contributed by atoms with van der Waals surface area (Å²) in [7, 11) is 0. The third-order valence-corrected chi connectivity index (χ3v) is 4.91. The van der Waals surface area contributed by atoms with E-state index in [1.165, 1.54) is 6.20 Å². The van der Waals surface area contributed by atoms with Crippen molar-refractivity contribution < 1.29 is 14.6 Å². The fourth-order valence-electron chi connectivity index (χ4n) is 2.88. The highest BCUT2D eigenvalue weighted by molar-refractivity contribution is 9.10. The first-order chi connectivity index (χ1) is 12.9. The van der Waals surface area contributed by atoms with E-state index < -0.39 is 17.5 Å². The second-order valence-electron chi connectivity index (χ2n) is 6.01. The van der Waals surface area contributed by atoms with Crippen LogP contribution in [0, 0.1) is 0 Å². The molecule has 0 radical (unpaired) electrons. The van der Waals surface area contributed by atoms with E-state index in [1.807, 2.05) is 0 Å². The number of hydrogen-bond acceptors (Lipinski definition) is 4. The summed E-state index contributed by atoms with van der Waals surface area (Å²) in [5, 5.41) is 11.8. The van der Waals surface area contributed by atoms with Crippen molar-refractivity contribution in [1.29, 1.82) is 0 Å². The number of nitrogens with zero attached hydrogens (tertiary/aromatic N) is 1. The highest BCUT2D eigenvalue weighted by atomic mass is 79.9. The Balaban J connectivity index is 2.09. The molecule has 1 aromatic carbocycles. The number of fused-ring (bicyclic) bond motifs is 1. The lowest BCUT2D eigenvalue weighted by Crippen LogP contribution is -2.37. The standard InChI is InChI=1S/C21H17BrClNO3/c1-2-3-4-5-6-17-12-19(25)21(26,14-7-9-15(22)10-8-14)20-18(27-17)11-16(23)13-24-20/h2-11,13,17,26H,1,12H2/b4-3-,6-5?/t17?,21-/m1/s1. The molecule has 1 aliphatic heterocycles. The van der Waals surface area contributed by atoms with Gasteiger partial charge >= 0.3 is 0 Å². The molecule has 1 aliphatic rings. The van der Waals surface area contributed by atoms with E-state index in [9.17, 15) is 9.90 Å². The van der Waals surface area contributed by atoms with Crippen molar-refractivity contribution in [2.24, 2.45) is 0 Å². The molecule has 0 spiro atoms. The van der Waals surface area contributed by atoms with Gasteiger partial charge in [0.05, 0.1) is 11.4 Å². The molecule has 0 fully saturated rings. The Hall–Kier alpha value is -2.21. The summed E-state index contributed by atoms with van der Waals surface area (Å²) in [4.78, 5) is 17.3. The zero-order valence-corrected chi connectivity index (χ0v) is 16.7. The second kappa shape index (κ2) is 8.21. The number of aromatic nitrogens is 1. The monoisotopic (exact) mass is 445 g/mol. The maximum atomic E-state index is 13.1. The number of rotatable bonds is 4. The number of carbonyl (C=O) groups is 1. The van der Waals surface area contributed by atoms with Crippen molar-refractivity contribution in [1.82, 2.24) is 4.98 Å². The van der Waals surface area contributed by atoms with Crippen LogP contribution in [0.3, 0.4) is 0 Å². The van der Waals surface area contributed by atoms with Crippen LogP contribution in [0.4, 0.5) is 0 Å². The lowest BCUT2D eigenvalue weighted by atomic mass is 9.84. The van der Waals surface area contributed by atoms with E-state index in [4.69, 9.17) is 16.3 Å². The van der Waals surface area contributed by atoms with Crippen LogP contribution in [0.25, 0.3) is 0 Å². The average Bonchev–Trinajstić information content (AvgIpc) is 2.74. The van der Waals surface area contributed by atoms with Gasteiger partial charge in [-0.3, -0.25) is 9.78 Å². The quantitative estimate of drug-likeness (QED) is 0.689. The van der Waals surface area contributed by atoms with Crippen LogP contribution in [0.1, 0.15) is 17.7 Å². The summed E-state index contributed by atoms with van der Waals surface area (Å²) in [6.45, 7) is 3.60. The van der Waals surface area contributed by atoms with Gasteiger partial charge in [0, 0.05) is 16.7 Å². The number of Topliss-reactive ketones (excluding diaryl/α,β-unsaturated/α-hetero) is 1. The summed E-state index contributed by atoms with van der Waals surface area (Å²) in [5.41, 5.74) is -1.36. The molecule has 138 valence electrons. The third-order valence-electron chi connectivity index (χ3n) is 4.18. The van der Waals surface area contributed by atoms with Crippen molar-refractivity contribution in [3.05, 3.63) is 94.2 Å². The molecule has 27 heavy (non-hydrogen) atoms. The second-order valence-corrected chi connectivity index (χ2v) is 7.36. The molecule has 2 atom stereocenters. The summed E-state index contributed by atoms with van der Waals surface area (Å²) >= 11 is 9.43. The fraction of sp³-hybridized carbons (Fsp3) is 0.143. The van der Waals surface area contributed by atoms with Gasteiger partial charge in [-0.25, -0.2) is 0 Å². The largest absolute Gasteiger partial charge is 0.484 e. The minimum absolute atomic E-state index is 0.0149. The van der Waals surface area contributed by atoms with Crippen LogP contribution in [-0.4, -0.2) is 22.0 Å². The first kappa shape index (κ1) is 19.5. The van der Waals surface area contributed by atoms with Gasteiger partial charge in [-0.2, -0.15) is 0 Å². The van der Waals surface area contributed by atoms with Crippen molar-refractivity contribution in [2.75, 3.05) is 0 Å². The molecule has 3 rings (SSSR count). The van der Waals surface area contributed by atoms with Gasteiger partial charge < -0.3 is 9.84 Å². The van der Waals surface area contributed by atoms with Gasteiger partial charge in [0.25, 0.3) is 0 Å². The number of ether oxygens (including phenoxy) is 1. The smallest absolute Gasteiger partial charge is 0.194 e. The van der Waals surface area contributed by atoms with E-state index in [0.29, 0.717) is 10.6 Å². The molecule has 0 aliphatic carbocycles. The Labute approximate surface area is 171 Å². The predicted molar refractivity (Wildman–Crippen MR) is 109 cm³/mol. The van der Waals surface area contributed by atoms with Gasteiger partial charge in [0.15, 0.2) is 11.4 Å². The van der Waals surface area contributed by atoms with Crippen molar-refractivity contribution in [2.45, 2.75) is 18.1 Å². The molecule has 1 unspecified atom stereocenters. The molecule has 0 saturated carbocycles. The molecule has 6 heteroatoms. The van der Waals surface area contributed by atoms with Crippen LogP contribution in [0.2, 0.25) is 5.02 Å². The third kappa shape index (κ3) is 4.05. The highest BCUT2D eigenvalue weighted by Crippen LogP contribution is 2.40. The first-order valence-corrected chi connectivity index (χ1v) is 9.42. The predicted octanol–water partition coefficient (Wildman–Crippen LogP) is 4.75. The molecule has 0 amide bonds. The van der Waals surface area contributed by atoms with Crippen LogP contribution < -0.4 is 4.74 Å². The lowest BCUT2D eigenvalue weighted by Gasteiger charge is -2.25. The SMILES string of the molecule is C=C/C=C\C=CC1CC(=O)[C@](O)(c2ccc(Br)cc2)c2ncc(Cl)cc2O1. The summed E-state index contributed by atoms with van der Waals surface area (Å²) in [5.74, 6) is -0.123. The maximum Gasteiger partial charge on any atom is 0.194 e. The van der Waals surface area contributed by atoms with E-state index in [2.05, 4.69) is 27.5 Å². The molecule has 2 aromatic rings. The minimum Gasteiger partial charge on any atom is -0.484 e. The zero-order valence-electron chi connectivity index (χ0n) is 14.3. The number of pyridine rings is 1. The van der Waals surface area contributed by atoms with Crippen LogP contribution >= 0.6 is 27.5 Å². The Morgan fingerprint density at radius 2 is 2.04 bits per heavy atom. The number of carbonyl (C=O) groups excluding carboxylic acids is 1. The van der Waals surface area contributed by atoms with Gasteiger partial charge in [0.2, 0.25) is 0 Å². The molecule has 4 nitrogen and oxygen atoms in total. The first-order valence-electron chi connectivity index (χ1n) is 8.25. The average molecular weight is 447 g/mol. The number of hydrogen-bond donors (Lipinski definition) is 1. The zero-order chi connectivity index (χ0) is 19.4. The summed E-state index contributed by atoms with van der Waals surface area (Å²) in [6, 6.07) is 8.46. The van der Waals surface area contributed by atoms with Crippen molar-refractivity contribution >= 4 is 33.3 Å². The van der Waals surface area contributed by atoms with E-state index in [1.54, 1.807) is 60.7 Å². The Morgan fingerprint density at radius 1 is 1.30 bits per heavy atom. The maximum absolute atomic E-state index is 13.1. The number of ketones is 1. The molecular weight excluding hydrogens is 430 g/mol. The number of aliphatic hydroxyl groups is 1. The summed E-state index contributed by atoms with van der Waals surface area (Å²) < 4.78 is 6.78. The van der Waals surface area contributed by atoms with Crippen LogP contribution in [-0.2, 0) is 10.4 Å². The molecular formula is C21H17BrClNO3. The molecule has 1 N–H and O–H groups in total. The van der Waals surface area contributed by atoms with Crippen LogP contribution in [0.15, 0.2) is 78.0 Å². The van der Waals surface area contributed by atoms with E-state index >= 15 is 0 Å². The lowest BCUT2D eigenvalue weighted by molar-refractivity contribution is -0.134. The molecule has 1 aromatic heterocycles. The van der Waals surface area contributed by atoms with Gasteiger partial charge in [-0.1, -0.05) is 70.5 Å². The van der Waals surface area contributed by atoms with Gasteiger partial charge in [0.1, 0.15) is 17.5 Å². The fourth-order valence-corrected chi connectivity index (χ4v) is 3.29. The van der Waals surface area contributed by atoms with Gasteiger partial charge in [-0.05, 0) is 23.8 Å². The Morgan fingerprint density at radius 3 is 2.74 bits per heavy atom. The number of halogens is 2. The molecule has 0 saturated heterocycles. The minimum atomic E-state index is -1.92. The highest BCUT2D eigenvalue weighted by Gasteiger charge is 2.46. The Kier molecular flexibility index (Phi) is 5.95. The van der Waals surface area contributed by atoms with Crippen LogP contribution in [0.5, 0.6) is 5.75 Å². The Bertz CT molecular complexity index is 924. The van der Waals surface area contributed by atoms with E-state index in [0.717, 1.165) is 4.47 Å². The number of benzene rings is 1. The van der Waals surface area contributed by atoms with Crippen molar-refractivity contribution in [3.63, 3.8) is 0 Å². The topological polar surface area (TPSA) is 59.4 Å². The normalized spacial score (nSPS) is 22.5. The number of allylic oxidation sites excluding steroid dienone is 4. The van der Waals surface area contributed by atoms with E-state index in [-0.39, 0.29) is 17.9 Å².